The summed E-state index contributed by atoms with van der Waals surface area (Å²) in [6.45, 7) is -0.172. The molecule has 0 spiro atoms. The lowest BCUT2D eigenvalue weighted by atomic mass is 10.1. The molecule has 162 valence electrons. The van der Waals surface area contributed by atoms with E-state index in [-0.39, 0.29) is 17.4 Å². The molecule has 2 aromatic rings. The van der Waals surface area contributed by atoms with Crippen molar-refractivity contribution in [2.75, 3.05) is 27.4 Å². The molecule has 0 saturated carbocycles. The first kappa shape index (κ1) is 23.0. The number of benzene rings is 2. The molecule has 0 heterocycles. The standard InChI is InChI=1S/C22H25F2NO5/c1-4-29-20-14-15(5-8-17(20)27-2)7-10-21(26)25-12-11-16-6-9-18(30-22(23)24)19(13-16)28-3/h5-10,13-14,22H,4,11-12H2,1-3H3,(H,25,26)/b10-7+. The number of nitrogens with one attached hydrogen (secondary N) is 1. The molecule has 0 aliphatic rings. The summed E-state index contributed by atoms with van der Waals surface area (Å²) in [5.41, 5.74) is 1.61. The lowest BCUT2D eigenvalue weighted by molar-refractivity contribution is -0.116. The van der Waals surface area contributed by atoms with E-state index < -0.39 is 6.61 Å². The molecular weight excluding hydrogens is 396 g/mol. The molecular formula is C22H25F2NO5. The van der Waals surface area contributed by atoms with Gasteiger partial charge in [0.25, 0.3) is 0 Å². The van der Waals surface area contributed by atoms with Gasteiger partial charge >= 0.3 is 6.61 Å². The van der Waals surface area contributed by atoms with Crippen molar-refractivity contribution < 1.29 is 32.5 Å². The van der Waals surface area contributed by atoms with Gasteiger partial charge in [0.1, 0.15) is 0 Å². The zero-order chi connectivity index (χ0) is 21.9. The summed E-state index contributed by atoms with van der Waals surface area (Å²) in [4.78, 5) is 12.1. The monoisotopic (exact) mass is 421 g/mol. The Labute approximate surface area is 174 Å². The lowest BCUT2D eigenvalue weighted by Gasteiger charge is -2.11. The average molecular weight is 421 g/mol. The van der Waals surface area contributed by atoms with Gasteiger partial charge in [0.15, 0.2) is 23.0 Å². The molecule has 6 nitrogen and oxygen atoms in total. The van der Waals surface area contributed by atoms with Crippen molar-refractivity contribution in [1.29, 1.82) is 0 Å². The number of carbonyl (C=O) groups excluding carboxylic acids is 1. The predicted octanol–water partition coefficient (Wildman–Crippen LogP) is 4.08. The highest BCUT2D eigenvalue weighted by atomic mass is 19.3. The maximum Gasteiger partial charge on any atom is 0.387 e. The van der Waals surface area contributed by atoms with Crippen LogP contribution in [0.5, 0.6) is 23.0 Å². The molecule has 0 aliphatic carbocycles. The molecule has 0 radical (unpaired) electrons. The van der Waals surface area contributed by atoms with Crippen LogP contribution >= 0.6 is 0 Å². The minimum atomic E-state index is -2.92. The summed E-state index contributed by atoms with van der Waals surface area (Å²) in [6, 6.07) is 10.1. The number of rotatable bonds is 11. The molecule has 8 heteroatoms. The van der Waals surface area contributed by atoms with Gasteiger partial charge in [-0.15, -0.1) is 0 Å². The molecule has 0 saturated heterocycles. The highest BCUT2D eigenvalue weighted by Gasteiger charge is 2.11. The third-order valence-corrected chi connectivity index (χ3v) is 4.07. The van der Waals surface area contributed by atoms with Crippen molar-refractivity contribution in [3.05, 3.63) is 53.6 Å². The molecule has 0 atom stereocenters. The van der Waals surface area contributed by atoms with Crippen molar-refractivity contribution in [1.82, 2.24) is 5.32 Å². The molecule has 0 unspecified atom stereocenters. The van der Waals surface area contributed by atoms with Crippen molar-refractivity contribution in [3.8, 4) is 23.0 Å². The van der Waals surface area contributed by atoms with Gasteiger partial charge in [0.05, 0.1) is 20.8 Å². The van der Waals surface area contributed by atoms with Gasteiger partial charge in [-0.05, 0) is 54.8 Å². The average Bonchev–Trinajstić information content (AvgIpc) is 2.73. The Hall–Kier alpha value is -3.29. The fraction of sp³-hybridized carbons (Fsp3) is 0.318. The number of hydrogen-bond donors (Lipinski definition) is 1. The molecule has 0 bridgehead atoms. The van der Waals surface area contributed by atoms with Crippen LogP contribution in [-0.4, -0.2) is 39.9 Å². The number of amides is 1. The Kier molecular flexibility index (Phi) is 8.93. The van der Waals surface area contributed by atoms with E-state index in [1.54, 1.807) is 37.5 Å². The summed E-state index contributed by atoms with van der Waals surface area (Å²) in [7, 11) is 2.94. The number of alkyl halides is 2. The first-order valence-electron chi connectivity index (χ1n) is 9.35. The van der Waals surface area contributed by atoms with E-state index >= 15 is 0 Å². The second kappa shape index (κ2) is 11.6. The van der Waals surface area contributed by atoms with E-state index in [1.165, 1.54) is 19.3 Å². The Morgan fingerprint density at radius 3 is 2.43 bits per heavy atom. The van der Waals surface area contributed by atoms with Crippen LogP contribution in [0.3, 0.4) is 0 Å². The van der Waals surface area contributed by atoms with Gasteiger partial charge < -0.3 is 24.3 Å². The number of hydrogen-bond acceptors (Lipinski definition) is 5. The van der Waals surface area contributed by atoms with Crippen LogP contribution in [0.15, 0.2) is 42.5 Å². The lowest BCUT2D eigenvalue weighted by Crippen LogP contribution is -2.23. The molecule has 1 N–H and O–H groups in total. The summed E-state index contributed by atoms with van der Waals surface area (Å²) in [5, 5.41) is 2.77. The first-order valence-corrected chi connectivity index (χ1v) is 9.35. The Morgan fingerprint density at radius 2 is 1.77 bits per heavy atom. The van der Waals surface area contributed by atoms with E-state index in [0.29, 0.717) is 31.1 Å². The van der Waals surface area contributed by atoms with Crippen molar-refractivity contribution in [3.63, 3.8) is 0 Å². The Balaban J connectivity index is 1.90. The number of methoxy groups -OCH3 is 2. The van der Waals surface area contributed by atoms with Crippen LogP contribution in [-0.2, 0) is 11.2 Å². The molecule has 1 amide bonds. The minimum Gasteiger partial charge on any atom is -0.493 e. The fourth-order valence-electron chi connectivity index (χ4n) is 2.69. The highest BCUT2D eigenvalue weighted by Crippen LogP contribution is 2.30. The maximum absolute atomic E-state index is 12.4. The van der Waals surface area contributed by atoms with E-state index in [9.17, 15) is 13.6 Å². The van der Waals surface area contributed by atoms with Gasteiger partial charge in [-0.25, -0.2) is 0 Å². The summed E-state index contributed by atoms with van der Waals surface area (Å²) in [5.74, 6) is 1.15. The largest absolute Gasteiger partial charge is 0.493 e. The smallest absolute Gasteiger partial charge is 0.387 e. The number of halogens is 2. The molecule has 0 aromatic heterocycles. The predicted molar refractivity (Wildman–Crippen MR) is 110 cm³/mol. The molecule has 0 aliphatic heterocycles. The Morgan fingerprint density at radius 1 is 1.03 bits per heavy atom. The third kappa shape index (κ3) is 6.95. The van der Waals surface area contributed by atoms with E-state index in [4.69, 9.17) is 14.2 Å². The van der Waals surface area contributed by atoms with Crippen LogP contribution in [0.1, 0.15) is 18.1 Å². The normalized spacial score (nSPS) is 10.9. The molecule has 0 fully saturated rings. The third-order valence-electron chi connectivity index (χ3n) is 4.07. The van der Waals surface area contributed by atoms with Crippen LogP contribution < -0.4 is 24.3 Å². The first-order chi connectivity index (χ1) is 14.5. The van der Waals surface area contributed by atoms with E-state index in [2.05, 4.69) is 10.1 Å². The maximum atomic E-state index is 12.4. The molecule has 2 rings (SSSR count). The van der Waals surface area contributed by atoms with Crippen molar-refractivity contribution in [2.24, 2.45) is 0 Å². The second-order valence-corrected chi connectivity index (χ2v) is 6.08. The second-order valence-electron chi connectivity index (χ2n) is 6.08. The zero-order valence-electron chi connectivity index (χ0n) is 17.1. The van der Waals surface area contributed by atoms with Crippen LogP contribution in [0.2, 0.25) is 0 Å². The van der Waals surface area contributed by atoms with Crippen LogP contribution in [0.4, 0.5) is 8.78 Å². The van der Waals surface area contributed by atoms with Gasteiger partial charge in [-0.2, -0.15) is 8.78 Å². The topological polar surface area (TPSA) is 66.0 Å². The highest BCUT2D eigenvalue weighted by molar-refractivity contribution is 5.91. The van der Waals surface area contributed by atoms with Gasteiger partial charge in [0.2, 0.25) is 5.91 Å². The van der Waals surface area contributed by atoms with E-state index in [0.717, 1.165) is 11.1 Å². The SMILES string of the molecule is CCOc1cc(/C=C/C(=O)NCCc2ccc(OC(F)F)c(OC)c2)ccc1OC. The van der Waals surface area contributed by atoms with Gasteiger partial charge in [0, 0.05) is 12.6 Å². The fourth-order valence-corrected chi connectivity index (χ4v) is 2.69. The quantitative estimate of drug-likeness (QED) is 0.554. The van der Waals surface area contributed by atoms with Crippen molar-refractivity contribution in [2.45, 2.75) is 20.0 Å². The Bertz CT molecular complexity index is 871. The van der Waals surface area contributed by atoms with Crippen LogP contribution in [0, 0.1) is 0 Å². The minimum absolute atomic E-state index is 0.0332. The number of carbonyl (C=O) groups is 1. The summed E-state index contributed by atoms with van der Waals surface area (Å²) < 4.78 is 45.0. The van der Waals surface area contributed by atoms with Crippen LogP contribution in [0.25, 0.3) is 6.08 Å². The zero-order valence-corrected chi connectivity index (χ0v) is 17.1. The van der Waals surface area contributed by atoms with Crippen molar-refractivity contribution >= 4 is 12.0 Å². The van der Waals surface area contributed by atoms with Gasteiger partial charge in [-0.1, -0.05) is 12.1 Å². The number of ether oxygens (including phenoxy) is 4. The summed E-state index contributed by atoms with van der Waals surface area (Å²) >= 11 is 0. The molecule has 2 aromatic carbocycles. The summed E-state index contributed by atoms with van der Waals surface area (Å²) in [6.07, 6.45) is 3.61. The van der Waals surface area contributed by atoms with E-state index in [1.807, 2.05) is 13.0 Å². The molecule has 30 heavy (non-hydrogen) atoms. The van der Waals surface area contributed by atoms with Gasteiger partial charge in [-0.3, -0.25) is 4.79 Å².